The van der Waals surface area contributed by atoms with Crippen LogP contribution in [0.25, 0.3) is 0 Å². The van der Waals surface area contributed by atoms with Crippen LogP contribution in [0.15, 0.2) is 40.7 Å². The molecule has 31 heavy (non-hydrogen) atoms. The Morgan fingerprint density at radius 2 is 1.58 bits per heavy atom. The van der Waals surface area contributed by atoms with Crippen molar-refractivity contribution in [2.24, 2.45) is 0 Å². The molecule has 0 bridgehead atoms. The van der Waals surface area contributed by atoms with Gasteiger partial charge in [-0.1, -0.05) is 13.0 Å². The number of Topliss-reactive ketones (excluding diaryl/α,β-unsaturated/α-hetero) is 2. The first-order chi connectivity index (χ1) is 15.0. The fourth-order valence-electron chi connectivity index (χ4n) is 5.26. The normalized spacial score (nSPS) is 19.7. The fraction of sp³-hybridized carbons (Fsp3) is 0.538. The molecule has 0 atom stereocenters. The van der Waals surface area contributed by atoms with Crippen LogP contribution < -0.4 is 9.47 Å². The average molecular weight is 424 g/mol. The zero-order valence-corrected chi connectivity index (χ0v) is 19.1. The molecule has 0 unspecified atom stereocenters. The summed E-state index contributed by atoms with van der Waals surface area (Å²) in [5, 5.41) is 0. The number of allylic oxidation sites excluding steroid dienone is 4. The van der Waals surface area contributed by atoms with E-state index < -0.39 is 0 Å². The highest BCUT2D eigenvalue weighted by atomic mass is 16.5. The van der Waals surface area contributed by atoms with E-state index in [1.54, 1.807) is 7.11 Å². The van der Waals surface area contributed by atoms with Crippen LogP contribution in [0.3, 0.4) is 0 Å². The molecule has 0 saturated heterocycles. The highest BCUT2D eigenvalue weighted by Gasteiger charge is 2.43. The summed E-state index contributed by atoms with van der Waals surface area (Å²) in [4.78, 5) is 28.8. The Labute approximate surface area is 185 Å². The molecule has 0 aromatic heterocycles. The summed E-state index contributed by atoms with van der Waals surface area (Å²) in [6.07, 6.45) is 5.67. The van der Waals surface area contributed by atoms with Gasteiger partial charge in [0.05, 0.1) is 13.2 Å². The van der Waals surface area contributed by atoms with Crippen LogP contribution in [-0.4, -0.2) is 36.2 Å². The van der Waals surface area contributed by atoms with Crippen molar-refractivity contribution in [1.29, 1.82) is 0 Å². The fourth-order valence-corrected chi connectivity index (χ4v) is 5.26. The average Bonchev–Trinajstić information content (AvgIpc) is 2.75. The van der Waals surface area contributed by atoms with Crippen molar-refractivity contribution < 1.29 is 19.1 Å². The van der Waals surface area contributed by atoms with Crippen LogP contribution >= 0.6 is 0 Å². The van der Waals surface area contributed by atoms with Crippen molar-refractivity contribution in [1.82, 2.24) is 4.90 Å². The zero-order valence-electron chi connectivity index (χ0n) is 19.1. The number of rotatable bonds is 6. The Kier molecular flexibility index (Phi) is 6.22. The monoisotopic (exact) mass is 423 g/mol. The molecule has 5 nitrogen and oxygen atoms in total. The first kappa shape index (κ1) is 21.7. The third-order valence-corrected chi connectivity index (χ3v) is 6.42. The highest BCUT2D eigenvalue weighted by Crippen LogP contribution is 2.50. The van der Waals surface area contributed by atoms with Crippen LogP contribution in [-0.2, 0) is 9.59 Å². The third-order valence-electron chi connectivity index (χ3n) is 6.42. The lowest BCUT2D eigenvalue weighted by Gasteiger charge is -2.44. The number of carbonyl (C=O) groups excluding carboxylic acids is 2. The molecule has 4 rings (SSSR count). The summed E-state index contributed by atoms with van der Waals surface area (Å²) in [7, 11) is 1.63. The first-order valence-corrected chi connectivity index (χ1v) is 11.6. The van der Waals surface area contributed by atoms with Crippen molar-refractivity contribution in [2.75, 3.05) is 13.7 Å². The van der Waals surface area contributed by atoms with Crippen LogP contribution in [0.4, 0.5) is 0 Å². The lowest BCUT2D eigenvalue weighted by Crippen LogP contribution is -2.39. The molecule has 0 N–H and O–H groups in total. The molecule has 1 aromatic rings. The van der Waals surface area contributed by atoms with Gasteiger partial charge in [0.2, 0.25) is 0 Å². The Morgan fingerprint density at radius 3 is 2.10 bits per heavy atom. The molecule has 1 aliphatic heterocycles. The van der Waals surface area contributed by atoms with Gasteiger partial charge in [-0.15, -0.1) is 0 Å². The summed E-state index contributed by atoms with van der Waals surface area (Å²) in [5.41, 5.74) is 4.87. The molecule has 1 aromatic carbocycles. The largest absolute Gasteiger partial charge is 0.493 e. The predicted octanol–water partition coefficient (Wildman–Crippen LogP) is 5.31. The second-order valence-electron chi connectivity index (χ2n) is 8.94. The summed E-state index contributed by atoms with van der Waals surface area (Å²) in [6.45, 7) is 6.97. The molecule has 3 aliphatic rings. The second-order valence-corrected chi connectivity index (χ2v) is 8.94. The molecule has 1 heterocycles. The molecule has 0 spiro atoms. The Morgan fingerprint density at radius 1 is 0.968 bits per heavy atom. The highest BCUT2D eigenvalue weighted by molar-refractivity contribution is 6.06. The molecule has 2 aliphatic carbocycles. The van der Waals surface area contributed by atoms with Gasteiger partial charge in [0.1, 0.15) is 0 Å². The van der Waals surface area contributed by atoms with E-state index >= 15 is 0 Å². The van der Waals surface area contributed by atoms with Gasteiger partial charge in [-0.2, -0.15) is 0 Å². The van der Waals surface area contributed by atoms with E-state index in [4.69, 9.17) is 9.47 Å². The number of methoxy groups -OCH3 is 1. The smallest absolute Gasteiger partial charge is 0.161 e. The molecule has 0 radical (unpaired) electrons. The van der Waals surface area contributed by atoms with E-state index in [1.807, 2.05) is 32.0 Å². The van der Waals surface area contributed by atoms with E-state index in [2.05, 4.69) is 11.8 Å². The minimum atomic E-state index is -0.305. The van der Waals surface area contributed by atoms with Gasteiger partial charge in [-0.05, 0) is 63.6 Å². The van der Waals surface area contributed by atoms with Crippen molar-refractivity contribution in [3.05, 3.63) is 46.3 Å². The standard InChI is InChI=1S/C26H33NO4/c1-5-14-27-18-8-6-10-20(28)25(18)24(26-19(27)9-7-11-21(26)29)17-12-13-22(31-16(2)3)23(15-17)30-4/h12-13,15-16,24H,5-11,14H2,1-4H3. The maximum atomic E-state index is 13.2. The lowest BCUT2D eigenvalue weighted by molar-refractivity contribution is -0.117. The number of nitrogens with zero attached hydrogens (tertiary/aromatic N) is 1. The molecule has 5 heteroatoms. The molecule has 0 amide bonds. The van der Waals surface area contributed by atoms with Gasteiger partial charge in [0, 0.05) is 47.8 Å². The van der Waals surface area contributed by atoms with Gasteiger partial charge in [0.15, 0.2) is 23.1 Å². The van der Waals surface area contributed by atoms with Crippen molar-refractivity contribution in [3.63, 3.8) is 0 Å². The molecule has 0 saturated carbocycles. The molecular weight excluding hydrogens is 390 g/mol. The number of ketones is 2. The molecule has 0 fully saturated rings. The van der Waals surface area contributed by atoms with Gasteiger partial charge >= 0.3 is 0 Å². The maximum Gasteiger partial charge on any atom is 0.161 e. The molecule has 166 valence electrons. The van der Waals surface area contributed by atoms with E-state index in [1.165, 1.54) is 0 Å². The summed E-state index contributed by atoms with van der Waals surface area (Å²) < 4.78 is 11.5. The Bertz CT molecular complexity index is 912. The van der Waals surface area contributed by atoms with Crippen molar-refractivity contribution in [3.8, 4) is 11.5 Å². The summed E-state index contributed by atoms with van der Waals surface area (Å²) in [6, 6.07) is 5.87. The van der Waals surface area contributed by atoms with E-state index in [9.17, 15) is 9.59 Å². The van der Waals surface area contributed by atoms with Crippen molar-refractivity contribution in [2.45, 2.75) is 77.7 Å². The number of benzene rings is 1. The third kappa shape index (κ3) is 3.90. The van der Waals surface area contributed by atoms with Crippen LogP contribution in [0.1, 0.15) is 77.2 Å². The predicted molar refractivity (Wildman–Crippen MR) is 120 cm³/mol. The van der Waals surface area contributed by atoms with Gasteiger partial charge < -0.3 is 14.4 Å². The van der Waals surface area contributed by atoms with Crippen LogP contribution in [0.2, 0.25) is 0 Å². The van der Waals surface area contributed by atoms with E-state index in [-0.39, 0.29) is 23.6 Å². The number of hydrogen-bond acceptors (Lipinski definition) is 5. The minimum Gasteiger partial charge on any atom is -0.493 e. The second kappa shape index (κ2) is 8.89. The molecular formula is C26H33NO4. The van der Waals surface area contributed by atoms with Crippen molar-refractivity contribution >= 4 is 11.6 Å². The topological polar surface area (TPSA) is 55.8 Å². The SMILES string of the molecule is CCCN1C2=C(C(=O)CCC2)C(c2ccc(OC(C)C)c(OC)c2)C2=C1CCCC2=O. The lowest BCUT2D eigenvalue weighted by atomic mass is 9.71. The number of ether oxygens (including phenoxy) is 2. The summed E-state index contributed by atoms with van der Waals surface area (Å²) >= 11 is 0. The Balaban J connectivity index is 1.90. The number of carbonyl (C=O) groups is 2. The quantitative estimate of drug-likeness (QED) is 0.621. The van der Waals surface area contributed by atoms with E-state index in [0.717, 1.165) is 66.8 Å². The van der Waals surface area contributed by atoms with Crippen LogP contribution in [0.5, 0.6) is 11.5 Å². The zero-order chi connectivity index (χ0) is 22.1. The van der Waals surface area contributed by atoms with Gasteiger partial charge in [0.25, 0.3) is 0 Å². The number of hydrogen-bond donors (Lipinski definition) is 0. The van der Waals surface area contributed by atoms with E-state index in [0.29, 0.717) is 24.3 Å². The Hall–Kier alpha value is -2.56. The van der Waals surface area contributed by atoms with Gasteiger partial charge in [-0.25, -0.2) is 0 Å². The minimum absolute atomic E-state index is 0.0282. The summed E-state index contributed by atoms with van der Waals surface area (Å²) in [5.74, 6) is 1.37. The van der Waals surface area contributed by atoms with Crippen LogP contribution in [0, 0.1) is 0 Å². The maximum absolute atomic E-state index is 13.2. The first-order valence-electron chi connectivity index (χ1n) is 11.6. The van der Waals surface area contributed by atoms with Gasteiger partial charge in [-0.3, -0.25) is 9.59 Å².